The lowest BCUT2D eigenvalue weighted by molar-refractivity contribution is 0.669. The number of fused-ring (bicyclic) bond motifs is 10. The van der Waals surface area contributed by atoms with E-state index in [9.17, 15) is 0 Å². The Hall–Kier alpha value is -6.85. The second-order valence-electron chi connectivity index (χ2n) is 13.5. The van der Waals surface area contributed by atoms with Gasteiger partial charge in [-0.3, -0.25) is 0 Å². The lowest BCUT2D eigenvalue weighted by Crippen LogP contribution is -2.00. The molecule has 0 spiro atoms. The van der Waals surface area contributed by atoms with E-state index >= 15 is 0 Å². The fraction of sp³-hybridized carbons (Fsp3) is 0.0426. The van der Waals surface area contributed by atoms with Gasteiger partial charge >= 0.3 is 0 Å². The third-order valence-corrected chi connectivity index (χ3v) is 10.5. The van der Waals surface area contributed by atoms with E-state index in [1.807, 2.05) is 60.7 Å². The first-order chi connectivity index (χ1) is 25.8. The minimum Gasteiger partial charge on any atom is -0.456 e. The molecule has 1 aliphatic carbocycles. The maximum absolute atomic E-state index is 6.11. The Morgan fingerprint density at radius 1 is 0.500 bits per heavy atom. The van der Waals surface area contributed by atoms with Gasteiger partial charge in [0, 0.05) is 43.9 Å². The summed E-state index contributed by atoms with van der Waals surface area (Å²) in [4.78, 5) is 15.1. The smallest absolute Gasteiger partial charge is 0.164 e. The molecule has 244 valence electrons. The Kier molecular flexibility index (Phi) is 6.31. The van der Waals surface area contributed by atoms with E-state index in [1.165, 1.54) is 43.7 Å². The summed E-state index contributed by atoms with van der Waals surface area (Å²) in [7, 11) is 0. The lowest BCUT2D eigenvalue weighted by atomic mass is 9.92. The van der Waals surface area contributed by atoms with Crippen LogP contribution < -0.4 is 0 Å². The van der Waals surface area contributed by atoms with Crippen LogP contribution in [0.2, 0.25) is 0 Å². The third kappa shape index (κ3) is 4.46. The molecule has 0 saturated heterocycles. The molecule has 0 N–H and O–H groups in total. The first-order valence-electron chi connectivity index (χ1n) is 17.8. The molecule has 0 radical (unpaired) electrons. The van der Waals surface area contributed by atoms with E-state index in [0.29, 0.717) is 17.5 Å². The van der Waals surface area contributed by atoms with Crippen molar-refractivity contribution in [2.75, 3.05) is 0 Å². The van der Waals surface area contributed by atoms with Crippen molar-refractivity contribution < 1.29 is 4.42 Å². The van der Waals surface area contributed by atoms with Gasteiger partial charge in [0.2, 0.25) is 0 Å². The zero-order chi connectivity index (χ0) is 34.2. The van der Waals surface area contributed by atoms with Crippen LogP contribution in [-0.4, -0.2) is 19.5 Å². The van der Waals surface area contributed by atoms with Crippen molar-refractivity contribution in [1.29, 1.82) is 0 Å². The highest BCUT2D eigenvalue weighted by atomic mass is 16.3. The SMILES string of the molecule is C1=Cc2ccc3c(c2CC1)c1c2ccccc2ccc1n3-c1ccc(-c2nc(-c3ccccc3)nc(-c3ccc4oc5ccccc5c4c3)n2)cc1. The minimum atomic E-state index is 0.619. The molecule has 0 unspecified atom stereocenters. The van der Waals surface area contributed by atoms with Crippen LogP contribution in [-0.2, 0) is 6.42 Å². The number of furan rings is 1. The van der Waals surface area contributed by atoms with Crippen molar-refractivity contribution >= 4 is 60.6 Å². The largest absolute Gasteiger partial charge is 0.456 e. The molecule has 0 fully saturated rings. The van der Waals surface area contributed by atoms with Gasteiger partial charge in [0.05, 0.1) is 11.0 Å². The molecule has 11 rings (SSSR count). The lowest BCUT2D eigenvalue weighted by Gasteiger charge is -2.13. The van der Waals surface area contributed by atoms with Gasteiger partial charge in [0.25, 0.3) is 0 Å². The molecule has 52 heavy (non-hydrogen) atoms. The summed E-state index contributed by atoms with van der Waals surface area (Å²) in [5.41, 5.74) is 10.8. The van der Waals surface area contributed by atoms with Crippen molar-refractivity contribution in [2.24, 2.45) is 0 Å². The topological polar surface area (TPSA) is 56.7 Å². The van der Waals surface area contributed by atoms with Crippen molar-refractivity contribution in [3.8, 4) is 39.9 Å². The molecule has 10 aromatic rings. The van der Waals surface area contributed by atoms with E-state index in [4.69, 9.17) is 19.4 Å². The first kappa shape index (κ1) is 28.9. The van der Waals surface area contributed by atoms with E-state index in [2.05, 4.69) is 102 Å². The fourth-order valence-electron chi connectivity index (χ4n) is 8.07. The molecule has 0 saturated carbocycles. The number of hydrogen-bond acceptors (Lipinski definition) is 4. The summed E-state index contributed by atoms with van der Waals surface area (Å²) in [5.74, 6) is 1.88. The Balaban J connectivity index is 1.08. The molecule has 3 heterocycles. The van der Waals surface area contributed by atoms with Crippen LogP contribution in [0.5, 0.6) is 0 Å². The summed E-state index contributed by atoms with van der Waals surface area (Å²) < 4.78 is 8.53. The molecular weight excluding hydrogens is 637 g/mol. The normalized spacial score (nSPS) is 12.8. The van der Waals surface area contributed by atoms with Gasteiger partial charge in [-0.05, 0) is 95.4 Å². The highest BCUT2D eigenvalue weighted by molar-refractivity contribution is 6.22. The van der Waals surface area contributed by atoms with Gasteiger partial charge in [-0.1, -0.05) is 97.1 Å². The highest BCUT2D eigenvalue weighted by Gasteiger charge is 2.21. The minimum absolute atomic E-state index is 0.619. The molecule has 1 aliphatic rings. The molecular formula is C47H30N4O. The standard InChI is InChI=1S/C47H30N4O/c1-2-12-31(13-3-1)45-48-46(50-47(49-45)33-22-27-42-38(28-33)37-16-8-9-17-41(37)52-42)32-18-23-34(24-19-32)51-39-25-20-29-10-4-6-14-35(29)43(39)44-36-15-7-5-11-30(36)21-26-40(44)51/h1-6,8-14,16-28H,7,15H2. The van der Waals surface area contributed by atoms with Crippen LogP contribution in [0.1, 0.15) is 17.5 Å². The molecule has 7 aromatic carbocycles. The summed E-state index contributed by atoms with van der Waals surface area (Å²) in [6.45, 7) is 0. The third-order valence-electron chi connectivity index (χ3n) is 10.5. The number of para-hydroxylation sites is 1. The van der Waals surface area contributed by atoms with Crippen LogP contribution in [0.4, 0.5) is 0 Å². The average Bonchev–Trinajstić information content (AvgIpc) is 3.77. The monoisotopic (exact) mass is 666 g/mol. The average molecular weight is 667 g/mol. The zero-order valence-electron chi connectivity index (χ0n) is 28.1. The highest BCUT2D eigenvalue weighted by Crippen LogP contribution is 2.41. The summed E-state index contributed by atoms with van der Waals surface area (Å²) in [5, 5.41) is 7.33. The number of hydrogen-bond donors (Lipinski definition) is 0. The number of allylic oxidation sites excluding steroid dienone is 1. The second-order valence-corrected chi connectivity index (χ2v) is 13.5. The van der Waals surface area contributed by atoms with Crippen LogP contribution in [0.3, 0.4) is 0 Å². The van der Waals surface area contributed by atoms with Crippen molar-refractivity contribution in [1.82, 2.24) is 19.5 Å². The van der Waals surface area contributed by atoms with Gasteiger partial charge in [-0.2, -0.15) is 0 Å². The molecule has 5 nitrogen and oxygen atoms in total. The molecule has 0 atom stereocenters. The van der Waals surface area contributed by atoms with Crippen molar-refractivity contribution in [2.45, 2.75) is 12.8 Å². The maximum atomic E-state index is 6.11. The molecule has 0 amide bonds. The van der Waals surface area contributed by atoms with Gasteiger partial charge in [0.1, 0.15) is 11.2 Å². The van der Waals surface area contributed by atoms with Crippen LogP contribution in [0, 0.1) is 0 Å². The predicted octanol–water partition coefficient (Wildman–Crippen LogP) is 12.0. The Labute approximate surface area is 299 Å². The summed E-state index contributed by atoms with van der Waals surface area (Å²) in [6, 6.07) is 50.9. The zero-order valence-corrected chi connectivity index (χ0v) is 28.1. The Bertz CT molecular complexity index is 3060. The second kappa shape index (κ2) is 11.3. The maximum Gasteiger partial charge on any atom is 0.164 e. The molecule has 3 aromatic heterocycles. The van der Waals surface area contributed by atoms with Crippen LogP contribution >= 0.6 is 0 Å². The van der Waals surface area contributed by atoms with Crippen LogP contribution in [0.15, 0.2) is 156 Å². The number of nitrogens with zero attached hydrogens (tertiary/aromatic N) is 4. The van der Waals surface area contributed by atoms with Gasteiger partial charge in [0.15, 0.2) is 17.5 Å². The molecule has 0 bridgehead atoms. The van der Waals surface area contributed by atoms with Gasteiger partial charge < -0.3 is 8.98 Å². The fourth-order valence-corrected chi connectivity index (χ4v) is 8.07. The van der Waals surface area contributed by atoms with E-state index in [1.54, 1.807) is 0 Å². The number of aromatic nitrogens is 4. The summed E-state index contributed by atoms with van der Waals surface area (Å²) >= 11 is 0. The molecule has 5 heteroatoms. The predicted molar refractivity (Wildman–Crippen MR) is 213 cm³/mol. The van der Waals surface area contributed by atoms with Crippen LogP contribution in [0.25, 0.3) is 100 Å². The number of aryl methyl sites for hydroxylation is 1. The number of benzene rings is 7. The first-order valence-corrected chi connectivity index (χ1v) is 17.8. The summed E-state index contributed by atoms with van der Waals surface area (Å²) in [6.07, 6.45) is 6.67. The number of rotatable bonds is 4. The van der Waals surface area contributed by atoms with Crippen molar-refractivity contribution in [3.63, 3.8) is 0 Å². The molecule has 0 aliphatic heterocycles. The van der Waals surface area contributed by atoms with E-state index in [-0.39, 0.29) is 0 Å². The van der Waals surface area contributed by atoms with Gasteiger partial charge in [-0.15, -0.1) is 0 Å². The Morgan fingerprint density at radius 2 is 1.15 bits per heavy atom. The quantitative estimate of drug-likeness (QED) is 0.188. The van der Waals surface area contributed by atoms with Gasteiger partial charge in [-0.25, -0.2) is 15.0 Å². The van der Waals surface area contributed by atoms with E-state index in [0.717, 1.165) is 57.2 Å². The van der Waals surface area contributed by atoms with E-state index < -0.39 is 0 Å². The van der Waals surface area contributed by atoms with Crippen molar-refractivity contribution in [3.05, 3.63) is 163 Å². The Morgan fingerprint density at radius 3 is 2.00 bits per heavy atom.